The summed E-state index contributed by atoms with van der Waals surface area (Å²) in [5.74, 6) is 1.17. The summed E-state index contributed by atoms with van der Waals surface area (Å²) >= 11 is 6.11. The van der Waals surface area contributed by atoms with Gasteiger partial charge in [-0.2, -0.15) is 4.98 Å². The summed E-state index contributed by atoms with van der Waals surface area (Å²) < 4.78 is 5.45. The minimum Gasteiger partial charge on any atom is -0.338 e. The first-order valence-corrected chi connectivity index (χ1v) is 10.9. The fraction of sp³-hybridized carbons (Fsp3) is 0.348. The van der Waals surface area contributed by atoms with Gasteiger partial charge in [0.25, 0.3) is 0 Å². The lowest BCUT2D eigenvalue weighted by Crippen LogP contribution is -2.48. The molecule has 4 rings (SSSR count). The summed E-state index contributed by atoms with van der Waals surface area (Å²) in [7, 11) is 0. The average molecular weight is 440 g/mol. The van der Waals surface area contributed by atoms with E-state index in [0.717, 1.165) is 38.2 Å². The molecule has 1 saturated heterocycles. The number of nitrogens with zero attached hydrogens (tertiary/aromatic N) is 4. The van der Waals surface area contributed by atoms with Crippen LogP contribution in [0.25, 0.3) is 11.4 Å². The normalized spacial score (nSPS) is 15.2. The first-order chi connectivity index (χ1) is 15.1. The van der Waals surface area contributed by atoms with Crippen LogP contribution in [0.1, 0.15) is 18.4 Å². The molecule has 1 amide bonds. The fourth-order valence-corrected chi connectivity index (χ4v) is 3.76. The standard InChI is InChI=1S/C23H26ClN5O2/c1-2-17-7-9-18(10-8-17)23-26-22(31-27-23)16-29-13-11-28(12-14-29)15-21(30)25-20-6-4-3-5-19(20)24/h3-10H,2,11-16H2,1H3,(H,25,30). The van der Waals surface area contributed by atoms with E-state index in [2.05, 4.69) is 44.3 Å². The van der Waals surface area contributed by atoms with Crippen molar-refractivity contribution in [3.63, 3.8) is 0 Å². The molecule has 0 radical (unpaired) electrons. The second-order valence-corrected chi connectivity index (χ2v) is 8.05. The molecule has 1 aromatic heterocycles. The van der Waals surface area contributed by atoms with Crippen LogP contribution in [0.15, 0.2) is 53.1 Å². The summed E-state index contributed by atoms with van der Waals surface area (Å²) in [5.41, 5.74) is 2.89. The highest BCUT2D eigenvalue weighted by molar-refractivity contribution is 6.33. The molecule has 0 unspecified atom stereocenters. The van der Waals surface area contributed by atoms with Crippen LogP contribution >= 0.6 is 11.6 Å². The minimum absolute atomic E-state index is 0.0582. The highest BCUT2D eigenvalue weighted by Gasteiger charge is 2.21. The number of aryl methyl sites for hydroxylation is 1. The van der Waals surface area contributed by atoms with Crippen molar-refractivity contribution in [3.05, 3.63) is 65.0 Å². The molecular formula is C23H26ClN5O2. The minimum atomic E-state index is -0.0582. The van der Waals surface area contributed by atoms with E-state index in [1.54, 1.807) is 12.1 Å². The molecule has 31 heavy (non-hydrogen) atoms. The van der Waals surface area contributed by atoms with Gasteiger partial charge in [-0.05, 0) is 24.1 Å². The zero-order valence-corrected chi connectivity index (χ0v) is 18.3. The lowest BCUT2D eigenvalue weighted by Gasteiger charge is -2.33. The van der Waals surface area contributed by atoms with Crippen molar-refractivity contribution < 1.29 is 9.32 Å². The van der Waals surface area contributed by atoms with E-state index in [-0.39, 0.29) is 5.91 Å². The van der Waals surface area contributed by atoms with Crippen molar-refractivity contribution in [2.24, 2.45) is 0 Å². The number of anilines is 1. The summed E-state index contributed by atoms with van der Waals surface area (Å²) in [6.45, 7) is 6.36. The van der Waals surface area contributed by atoms with Crippen LogP contribution in [0.5, 0.6) is 0 Å². The predicted octanol–water partition coefficient (Wildman–Crippen LogP) is 3.71. The van der Waals surface area contributed by atoms with Crippen molar-refractivity contribution in [1.82, 2.24) is 19.9 Å². The number of nitrogens with one attached hydrogen (secondary N) is 1. The number of para-hydroxylation sites is 1. The van der Waals surface area contributed by atoms with Crippen molar-refractivity contribution in [3.8, 4) is 11.4 Å². The van der Waals surface area contributed by atoms with Crippen LogP contribution in [-0.2, 0) is 17.8 Å². The number of amides is 1. The van der Waals surface area contributed by atoms with E-state index in [1.165, 1.54) is 5.56 Å². The molecule has 7 nitrogen and oxygen atoms in total. The SMILES string of the molecule is CCc1ccc(-c2noc(CN3CCN(CC(=O)Nc4ccccc4Cl)CC3)n2)cc1. The third-order valence-corrected chi connectivity index (χ3v) is 5.76. The number of carbonyl (C=O) groups is 1. The lowest BCUT2D eigenvalue weighted by molar-refractivity contribution is -0.117. The van der Waals surface area contributed by atoms with E-state index in [1.807, 2.05) is 24.3 Å². The van der Waals surface area contributed by atoms with Crippen LogP contribution in [0, 0.1) is 0 Å². The van der Waals surface area contributed by atoms with Crippen LogP contribution < -0.4 is 5.32 Å². The van der Waals surface area contributed by atoms with E-state index in [0.29, 0.717) is 35.5 Å². The van der Waals surface area contributed by atoms with Gasteiger partial charge in [0.2, 0.25) is 17.6 Å². The summed E-state index contributed by atoms with van der Waals surface area (Å²) in [4.78, 5) is 21.3. The molecule has 162 valence electrons. The molecule has 0 spiro atoms. The first-order valence-electron chi connectivity index (χ1n) is 10.5. The van der Waals surface area contributed by atoms with Gasteiger partial charge in [-0.1, -0.05) is 60.1 Å². The molecule has 0 bridgehead atoms. The Bertz CT molecular complexity index is 1010. The van der Waals surface area contributed by atoms with Crippen LogP contribution in [0.3, 0.4) is 0 Å². The topological polar surface area (TPSA) is 74.5 Å². The fourth-order valence-electron chi connectivity index (χ4n) is 3.58. The second kappa shape index (κ2) is 10.0. The van der Waals surface area contributed by atoms with Gasteiger partial charge in [-0.15, -0.1) is 0 Å². The molecule has 0 saturated carbocycles. The van der Waals surface area contributed by atoms with Crippen molar-refractivity contribution in [2.45, 2.75) is 19.9 Å². The molecule has 2 aromatic carbocycles. The first kappa shape index (κ1) is 21.5. The zero-order valence-electron chi connectivity index (χ0n) is 17.6. The highest BCUT2D eigenvalue weighted by Crippen LogP contribution is 2.20. The molecule has 1 aliphatic heterocycles. The van der Waals surface area contributed by atoms with Gasteiger partial charge in [0.15, 0.2) is 0 Å². The number of aromatic nitrogens is 2. The maximum absolute atomic E-state index is 12.3. The molecule has 1 fully saturated rings. The summed E-state index contributed by atoms with van der Waals surface area (Å²) in [5, 5.41) is 7.54. The molecular weight excluding hydrogens is 414 g/mol. The molecule has 8 heteroatoms. The Hall–Kier alpha value is -2.74. The maximum Gasteiger partial charge on any atom is 0.241 e. The predicted molar refractivity (Wildman–Crippen MR) is 121 cm³/mol. The molecule has 0 atom stereocenters. The number of piperazine rings is 1. The van der Waals surface area contributed by atoms with Gasteiger partial charge < -0.3 is 9.84 Å². The number of rotatable bonds is 7. The number of benzene rings is 2. The smallest absolute Gasteiger partial charge is 0.241 e. The van der Waals surface area contributed by atoms with E-state index in [4.69, 9.17) is 16.1 Å². The Labute approximate surface area is 187 Å². The molecule has 0 aliphatic carbocycles. The second-order valence-electron chi connectivity index (χ2n) is 7.64. The van der Waals surface area contributed by atoms with Crippen molar-refractivity contribution >= 4 is 23.2 Å². The van der Waals surface area contributed by atoms with Gasteiger partial charge >= 0.3 is 0 Å². The highest BCUT2D eigenvalue weighted by atomic mass is 35.5. The third-order valence-electron chi connectivity index (χ3n) is 5.43. The van der Waals surface area contributed by atoms with Gasteiger partial charge in [0.1, 0.15) is 0 Å². The number of carbonyl (C=O) groups excluding carboxylic acids is 1. The maximum atomic E-state index is 12.3. The van der Waals surface area contributed by atoms with Crippen molar-refractivity contribution in [2.75, 3.05) is 38.0 Å². The van der Waals surface area contributed by atoms with Gasteiger partial charge in [-0.3, -0.25) is 14.6 Å². The van der Waals surface area contributed by atoms with E-state index < -0.39 is 0 Å². The Morgan fingerprint density at radius 1 is 1.06 bits per heavy atom. The zero-order chi connectivity index (χ0) is 21.6. The lowest BCUT2D eigenvalue weighted by atomic mass is 10.1. The van der Waals surface area contributed by atoms with Crippen molar-refractivity contribution in [1.29, 1.82) is 0 Å². The number of hydrogen-bond acceptors (Lipinski definition) is 6. The van der Waals surface area contributed by atoms with Crippen LogP contribution in [-0.4, -0.2) is 58.6 Å². The molecule has 2 heterocycles. The largest absolute Gasteiger partial charge is 0.338 e. The monoisotopic (exact) mass is 439 g/mol. The Kier molecular flexibility index (Phi) is 6.96. The van der Waals surface area contributed by atoms with Gasteiger partial charge in [-0.25, -0.2) is 0 Å². The van der Waals surface area contributed by atoms with Crippen LogP contribution in [0.2, 0.25) is 5.02 Å². The Balaban J connectivity index is 1.24. The number of halogens is 1. The quantitative estimate of drug-likeness (QED) is 0.605. The molecule has 1 aliphatic rings. The Morgan fingerprint density at radius 2 is 1.77 bits per heavy atom. The molecule has 3 aromatic rings. The van der Waals surface area contributed by atoms with E-state index in [9.17, 15) is 4.79 Å². The van der Waals surface area contributed by atoms with Gasteiger partial charge in [0.05, 0.1) is 23.8 Å². The summed E-state index contributed by atoms with van der Waals surface area (Å²) in [6, 6.07) is 15.5. The van der Waals surface area contributed by atoms with Crippen LogP contribution in [0.4, 0.5) is 5.69 Å². The number of hydrogen-bond donors (Lipinski definition) is 1. The average Bonchev–Trinajstić information content (AvgIpc) is 3.25. The third kappa shape index (κ3) is 5.70. The van der Waals surface area contributed by atoms with Gasteiger partial charge in [0, 0.05) is 31.7 Å². The van der Waals surface area contributed by atoms with E-state index >= 15 is 0 Å². The molecule has 1 N–H and O–H groups in total. The Morgan fingerprint density at radius 3 is 2.48 bits per heavy atom. The summed E-state index contributed by atoms with van der Waals surface area (Å²) in [6.07, 6.45) is 1.01.